The number of hydrogen-bond acceptors (Lipinski definition) is 4. The molecule has 0 spiro atoms. The van der Waals surface area contributed by atoms with Crippen LogP contribution in [0.2, 0.25) is 0 Å². The molecule has 0 aliphatic rings. The fourth-order valence-corrected chi connectivity index (χ4v) is 2.10. The largest absolute Gasteiger partial charge is 0.476 e. The highest BCUT2D eigenvalue weighted by Crippen LogP contribution is 2.27. The van der Waals surface area contributed by atoms with E-state index in [1.807, 2.05) is 36.4 Å². The monoisotopic (exact) mass is 230 g/mol. The molecule has 2 rings (SSSR count). The summed E-state index contributed by atoms with van der Waals surface area (Å²) in [6.07, 6.45) is 0. The number of nitrogens with zero attached hydrogens (tertiary/aromatic N) is 2. The second-order valence-electron chi connectivity index (χ2n) is 2.98. The van der Waals surface area contributed by atoms with Crippen molar-refractivity contribution in [2.45, 2.75) is 0 Å². The van der Waals surface area contributed by atoms with Crippen molar-refractivity contribution >= 4 is 17.3 Å². The average molecular weight is 230 g/mol. The Balaban J connectivity index is 2.54. The highest BCUT2D eigenvalue weighted by atomic mass is 32.1. The standard InChI is InChI=1S/C11H6N2O2S/c12-6-8-9(11(14)15)13-10(16-8)7-4-2-1-3-5-7/h1-5H,(H,14,15). The number of thiazole rings is 1. The van der Waals surface area contributed by atoms with Crippen LogP contribution in [0.1, 0.15) is 15.4 Å². The Morgan fingerprint density at radius 1 is 1.38 bits per heavy atom. The number of carboxylic acid groups (broad SMARTS) is 1. The lowest BCUT2D eigenvalue weighted by Gasteiger charge is -1.92. The molecule has 0 aliphatic carbocycles. The van der Waals surface area contributed by atoms with E-state index in [-0.39, 0.29) is 10.6 Å². The van der Waals surface area contributed by atoms with Gasteiger partial charge in [0.2, 0.25) is 0 Å². The molecule has 0 saturated heterocycles. The summed E-state index contributed by atoms with van der Waals surface area (Å²) in [6, 6.07) is 11.0. The van der Waals surface area contributed by atoms with Gasteiger partial charge >= 0.3 is 5.97 Å². The Labute approximate surface area is 95.4 Å². The molecule has 78 valence electrons. The van der Waals surface area contributed by atoms with Crippen molar-refractivity contribution in [3.05, 3.63) is 40.9 Å². The van der Waals surface area contributed by atoms with Gasteiger partial charge in [0, 0.05) is 5.56 Å². The van der Waals surface area contributed by atoms with Gasteiger partial charge in [0.1, 0.15) is 16.0 Å². The average Bonchev–Trinajstić information content (AvgIpc) is 2.74. The van der Waals surface area contributed by atoms with Crippen LogP contribution in [0, 0.1) is 11.3 Å². The number of carboxylic acids is 1. The Kier molecular flexibility index (Phi) is 2.66. The number of aromatic carboxylic acids is 1. The van der Waals surface area contributed by atoms with Crippen molar-refractivity contribution in [2.24, 2.45) is 0 Å². The van der Waals surface area contributed by atoms with Crippen molar-refractivity contribution in [1.82, 2.24) is 4.98 Å². The minimum atomic E-state index is -1.17. The van der Waals surface area contributed by atoms with Gasteiger partial charge in [0.15, 0.2) is 5.69 Å². The molecule has 16 heavy (non-hydrogen) atoms. The molecule has 1 aromatic carbocycles. The molecular formula is C11H6N2O2S. The number of aromatic nitrogens is 1. The second kappa shape index (κ2) is 4.13. The van der Waals surface area contributed by atoms with Crippen LogP contribution >= 0.6 is 11.3 Å². The van der Waals surface area contributed by atoms with E-state index in [4.69, 9.17) is 10.4 Å². The molecular weight excluding hydrogens is 224 g/mol. The summed E-state index contributed by atoms with van der Waals surface area (Å²) in [7, 11) is 0. The maximum Gasteiger partial charge on any atom is 0.356 e. The number of carbonyl (C=O) groups is 1. The van der Waals surface area contributed by atoms with E-state index in [9.17, 15) is 4.79 Å². The van der Waals surface area contributed by atoms with E-state index in [0.29, 0.717) is 5.01 Å². The van der Waals surface area contributed by atoms with Gasteiger partial charge in [-0.15, -0.1) is 11.3 Å². The quantitative estimate of drug-likeness (QED) is 0.859. The van der Waals surface area contributed by atoms with Gasteiger partial charge in [0.05, 0.1) is 0 Å². The summed E-state index contributed by atoms with van der Waals surface area (Å²) in [5, 5.41) is 18.2. The zero-order valence-corrected chi connectivity index (χ0v) is 8.86. The molecule has 1 heterocycles. The summed E-state index contributed by atoms with van der Waals surface area (Å²) in [5.41, 5.74) is 0.642. The zero-order valence-electron chi connectivity index (χ0n) is 8.04. The van der Waals surface area contributed by atoms with Crippen LogP contribution < -0.4 is 0 Å². The second-order valence-corrected chi connectivity index (χ2v) is 3.98. The highest BCUT2D eigenvalue weighted by Gasteiger charge is 2.17. The number of rotatable bonds is 2. The molecule has 1 N–H and O–H groups in total. The third-order valence-electron chi connectivity index (χ3n) is 1.95. The summed E-state index contributed by atoms with van der Waals surface area (Å²) in [6.45, 7) is 0. The van der Waals surface area contributed by atoms with Gasteiger partial charge < -0.3 is 5.11 Å². The Morgan fingerprint density at radius 3 is 2.56 bits per heavy atom. The van der Waals surface area contributed by atoms with Crippen molar-refractivity contribution < 1.29 is 9.90 Å². The molecule has 2 aromatic rings. The molecule has 0 aliphatic heterocycles. The Morgan fingerprint density at radius 2 is 2.06 bits per heavy atom. The third kappa shape index (κ3) is 1.78. The van der Waals surface area contributed by atoms with Crippen LogP contribution in [-0.4, -0.2) is 16.1 Å². The van der Waals surface area contributed by atoms with Crippen molar-refractivity contribution in [3.8, 4) is 16.6 Å². The topological polar surface area (TPSA) is 74.0 Å². The van der Waals surface area contributed by atoms with Crippen LogP contribution in [0.5, 0.6) is 0 Å². The molecule has 5 heteroatoms. The minimum Gasteiger partial charge on any atom is -0.476 e. The van der Waals surface area contributed by atoms with Gasteiger partial charge in [-0.05, 0) is 0 Å². The first kappa shape index (κ1) is 10.3. The van der Waals surface area contributed by atoms with Crippen molar-refractivity contribution in [3.63, 3.8) is 0 Å². The van der Waals surface area contributed by atoms with E-state index >= 15 is 0 Å². The molecule has 0 fully saturated rings. The van der Waals surface area contributed by atoms with Gasteiger partial charge in [-0.3, -0.25) is 0 Å². The first-order valence-electron chi connectivity index (χ1n) is 4.42. The van der Waals surface area contributed by atoms with Crippen LogP contribution in [0.3, 0.4) is 0 Å². The molecule has 0 atom stereocenters. The predicted octanol–water partition coefficient (Wildman–Crippen LogP) is 2.38. The lowest BCUT2D eigenvalue weighted by Crippen LogP contribution is -1.98. The molecule has 4 nitrogen and oxygen atoms in total. The van der Waals surface area contributed by atoms with Crippen LogP contribution in [-0.2, 0) is 0 Å². The van der Waals surface area contributed by atoms with Crippen LogP contribution in [0.4, 0.5) is 0 Å². The first-order chi connectivity index (χ1) is 7.72. The van der Waals surface area contributed by atoms with Crippen molar-refractivity contribution in [2.75, 3.05) is 0 Å². The van der Waals surface area contributed by atoms with E-state index < -0.39 is 5.97 Å². The normalized spacial score (nSPS) is 9.69. The van der Waals surface area contributed by atoms with Crippen LogP contribution in [0.25, 0.3) is 10.6 Å². The molecule has 0 radical (unpaired) electrons. The fraction of sp³-hybridized carbons (Fsp3) is 0. The van der Waals surface area contributed by atoms with Crippen molar-refractivity contribution in [1.29, 1.82) is 5.26 Å². The van der Waals surface area contributed by atoms with Gasteiger partial charge in [-0.1, -0.05) is 30.3 Å². The van der Waals surface area contributed by atoms with E-state index in [1.54, 1.807) is 0 Å². The fourth-order valence-electron chi connectivity index (χ4n) is 1.25. The van der Waals surface area contributed by atoms with Gasteiger partial charge in [-0.2, -0.15) is 5.26 Å². The highest BCUT2D eigenvalue weighted by molar-refractivity contribution is 7.15. The SMILES string of the molecule is N#Cc1sc(-c2ccccc2)nc1C(=O)O. The lowest BCUT2D eigenvalue weighted by atomic mass is 10.2. The van der Waals surface area contributed by atoms with Crippen LogP contribution in [0.15, 0.2) is 30.3 Å². The Hall–Kier alpha value is -2.19. The minimum absolute atomic E-state index is 0.131. The molecule has 0 bridgehead atoms. The maximum absolute atomic E-state index is 10.8. The number of benzene rings is 1. The van der Waals surface area contributed by atoms with Gasteiger partial charge in [0.25, 0.3) is 0 Å². The van der Waals surface area contributed by atoms with Gasteiger partial charge in [-0.25, -0.2) is 9.78 Å². The summed E-state index contributed by atoms with van der Waals surface area (Å²) < 4.78 is 0. The Bertz CT molecular complexity index is 569. The number of nitriles is 1. The first-order valence-corrected chi connectivity index (χ1v) is 5.23. The lowest BCUT2D eigenvalue weighted by molar-refractivity contribution is 0.0691. The summed E-state index contributed by atoms with van der Waals surface area (Å²) in [5.74, 6) is -1.17. The summed E-state index contributed by atoms with van der Waals surface area (Å²) in [4.78, 5) is 14.9. The number of hydrogen-bond donors (Lipinski definition) is 1. The van der Waals surface area contributed by atoms with E-state index in [0.717, 1.165) is 16.9 Å². The molecule has 0 saturated carbocycles. The van der Waals surface area contributed by atoms with E-state index in [2.05, 4.69) is 4.98 Å². The summed E-state index contributed by atoms with van der Waals surface area (Å²) >= 11 is 1.09. The molecule has 0 unspecified atom stereocenters. The maximum atomic E-state index is 10.8. The predicted molar refractivity (Wildman–Crippen MR) is 59.2 cm³/mol. The smallest absolute Gasteiger partial charge is 0.356 e. The molecule has 0 amide bonds. The zero-order chi connectivity index (χ0) is 11.5. The molecule has 1 aromatic heterocycles. The van der Waals surface area contributed by atoms with E-state index in [1.165, 1.54) is 0 Å². The third-order valence-corrected chi connectivity index (χ3v) is 2.96.